The maximum absolute atomic E-state index is 12.8. The molecule has 0 unspecified atom stereocenters. The molecule has 4 aromatic rings. The Balaban J connectivity index is 1.52. The number of pyridine rings is 1. The van der Waals surface area contributed by atoms with Gasteiger partial charge in [-0.2, -0.15) is 0 Å². The molecule has 0 radical (unpaired) electrons. The molecule has 0 saturated carbocycles. The van der Waals surface area contributed by atoms with Crippen LogP contribution in [0.2, 0.25) is 0 Å². The molecule has 4 rings (SSSR count). The summed E-state index contributed by atoms with van der Waals surface area (Å²) in [5.74, 6) is -0.0496. The van der Waals surface area contributed by atoms with Crippen molar-refractivity contribution in [2.75, 3.05) is 6.54 Å². The molecule has 0 atom stereocenters. The van der Waals surface area contributed by atoms with Gasteiger partial charge in [-0.15, -0.1) is 11.3 Å². The summed E-state index contributed by atoms with van der Waals surface area (Å²) in [7, 11) is 0. The highest BCUT2D eigenvalue weighted by Crippen LogP contribution is 2.26. The number of fused-ring (bicyclic) bond motifs is 1. The van der Waals surface area contributed by atoms with Crippen molar-refractivity contribution in [3.8, 4) is 0 Å². The normalized spacial score (nSPS) is 11.0. The lowest BCUT2D eigenvalue weighted by Crippen LogP contribution is -2.28. The number of nitrogens with zero attached hydrogens (tertiary/aromatic N) is 2. The molecule has 0 aliphatic rings. The molecule has 4 nitrogen and oxygen atoms in total. The zero-order valence-electron chi connectivity index (χ0n) is 14.6. The van der Waals surface area contributed by atoms with E-state index >= 15 is 0 Å². The zero-order chi connectivity index (χ0) is 18.6. The van der Waals surface area contributed by atoms with Crippen molar-refractivity contribution >= 4 is 43.4 Å². The highest BCUT2D eigenvalue weighted by Gasteiger charge is 2.16. The summed E-state index contributed by atoms with van der Waals surface area (Å²) in [5.41, 5.74) is 3.92. The molecule has 1 N–H and O–H groups in total. The first kappa shape index (κ1) is 17.9. The van der Waals surface area contributed by atoms with Crippen molar-refractivity contribution in [3.05, 3.63) is 87.6 Å². The van der Waals surface area contributed by atoms with E-state index in [1.165, 1.54) is 0 Å². The number of hydrogen-bond acceptors (Lipinski definition) is 3. The van der Waals surface area contributed by atoms with Crippen LogP contribution >= 0.6 is 27.3 Å². The lowest BCUT2D eigenvalue weighted by atomic mass is 10.2. The van der Waals surface area contributed by atoms with Gasteiger partial charge in [0.25, 0.3) is 5.91 Å². The Kier molecular flexibility index (Phi) is 5.36. The Bertz CT molecular complexity index is 1050. The van der Waals surface area contributed by atoms with Crippen molar-refractivity contribution in [2.24, 2.45) is 0 Å². The third-order valence-electron chi connectivity index (χ3n) is 4.40. The highest BCUT2D eigenvalue weighted by atomic mass is 79.9. The zero-order valence-corrected chi connectivity index (χ0v) is 17.0. The van der Waals surface area contributed by atoms with E-state index in [1.807, 2.05) is 36.4 Å². The molecule has 3 heterocycles. The lowest BCUT2D eigenvalue weighted by molar-refractivity contribution is 0.0945. The maximum Gasteiger partial charge on any atom is 0.267 e. The molecule has 3 aromatic heterocycles. The average molecular weight is 440 g/mol. The molecule has 27 heavy (non-hydrogen) atoms. The molecule has 1 aromatic carbocycles. The van der Waals surface area contributed by atoms with Crippen molar-refractivity contribution in [2.45, 2.75) is 13.0 Å². The Hall–Kier alpha value is -2.44. The number of aromatic nitrogens is 2. The minimum absolute atomic E-state index is 0.0496. The fourth-order valence-electron chi connectivity index (χ4n) is 3.05. The van der Waals surface area contributed by atoms with E-state index < -0.39 is 0 Å². The van der Waals surface area contributed by atoms with E-state index in [1.54, 1.807) is 17.5 Å². The van der Waals surface area contributed by atoms with Gasteiger partial charge in [-0.3, -0.25) is 9.78 Å². The summed E-state index contributed by atoms with van der Waals surface area (Å²) in [6.07, 6.45) is 2.49. The minimum Gasteiger partial charge on any atom is -0.350 e. The number of nitrogens with one attached hydrogen (secondary N) is 1. The van der Waals surface area contributed by atoms with Gasteiger partial charge in [-0.05, 0) is 47.3 Å². The van der Waals surface area contributed by atoms with Gasteiger partial charge in [0.05, 0.1) is 10.2 Å². The summed E-state index contributed by atoms with van der Waals surface area (Å²) in [6, 6.07) is 18.1. The van der Waals surface area contributed by atoms with E-state index in [0.717, 1.165) is 25.9 Å². The van der Waals surface area contributed by atoms with E-state index in [-0.39, 0.29) is 5.91 Å². The van der Waals surface area contributed by atoms with Gasteiger partial charge in [-0.25, -0.2) is 0 Å². The predicted molar refractivity (Wildman–Crippen MR) is 113 cm³/mol. The Morgan fingerprint density at radius 3 is 2.78 bits per heavy atom. The molecular formula is C21H18BrN3OS. The molecule has 0 spiro atoms. The molecule has 6 heteroatoms. The molecule has 0 aliphatic carbocycles. The van der Waals surface area contributed by atoms with Gasteiger partial charge < -0.3 is 9.88 Å². The van der Waals surface area contributed by atoms with Crippen LogP contribution in [0.3, 0.4) is 0 Å². The second-order valence-electron chi connectivity index (χ2n) is 6.24. The summed E-state index contributed by atoms with van der Waals surface area (Å²) in [6.45, 7) is 1.23. The monoisotopic (exact) mass is 439 g/mol. The van der Waals surface area contributed by atoms with E-state index in [9.17, 15) is 4.79 Å². The van der Waals surface area contributed by atoms with Crippen molar-refractivity contribution < 1.29 is 4.79 Å². The molecule has 0 fully saturated rings. The van der Waals surface area contributed by atoms with Crippen LogP contribution in [0.5, 0.6) is 0 Å². The third-order valence-corrected chi connectivity index (χ3v) is 5.78. The number of hydrogen-bond donors (Lipinski definition) is 1. The first-order chi connectivity index (χ1) is 13.2. The first-order valence-electron chi connectivity index (χ1n) is 8.70. The van der Waals surface area contributed by atoms with Crippen LogP contribution < -0.4 is 5.32 Å². The van der Waals surface area contributed by atoms with Gasteiger partial charge in [0.1, 0.15) is 5.69 Å². The number of thiophene rings is 1. The van der Waals surface area contributed by atoms with Crippen LogP contribution in [0.1, 0.15) is 21.7 Å². The van der Waals surface area contributed by atoms with Crippen LogP contribution in [-0.4, -0.2) is 22.0 Å². The van der Waals surface area contributed by atoms with E-state index in [2.05, 4.69) is 54.4 Å². The topological polar surface area (TPSA) is 46.9 Å². The Labute approximate surface area is 170 Å². The van der Waals surface area contributed by atoms with Crippen LogP contribution in [0.15, 0.2) is 70.6 Å². The maximum atomic E-state index is 12.8. The third kappa shape index (κ3) is 4.12. The quantitative estimate of drug-likeness (QED) is 0.465. The molecule has 0 aliphatic heterocycles. The molecule has 0 saturated heterocycles. The smallest absolute Gasteiger partial charge is 0.267 e. The molecular weight excluding hydrogens is 422 g/mol. The van der Waals surface area contributed by atoms with Gasteiger partial charge in [0.2, 0.25) is 0 Å². The number of halogens is 1. The Morgan fingerprint density at radius 1 is 1.15 bits per heavy atom. The number of carbonyl (C=O) groups excluding carboxylic acids is 1. The SMILES string of the molecule is O=C(NCCc1ccccn1)c1cc2sccc2n1Cc1ccc(Br)cc1. The second-order valence-corrected chi connectivity index (χ2v) is 8.10. The van der Waals surface area contributed by atoms with Crippen molar-refractivity contribution in [3.63, 3.8) is 0 Å². The molecule has 1 amide bonds. The average Bonchev–Trinajstić information content (AvgIpc) is 3.27. The minimum atomic E-state index is -0.0496. The lowest BCUT2D eigenvalue weighted by Gasteiger charge is -2.11. The molecule has 0 bridgehead atoms. The number of benzene rings is 1. The Morgan fingerprint density at radius 2 is 2.00 bits per heavy atom. The summed E-state index contributed by atoms with van der Waals surface area (Å²) < 4.78 is 4.26. The number of carbonyl (C=O) groups is 1. The summed E-state index contributed by atoms with van der Waals surface area (Å²) in [5, 5.41) is 5.09. The summed E-state index contributed by atoms with van der Waals surface area (Å²) in [4.78, 5) is 17.1. The van der Waals surface area contributed by atoms with E-state index in [4.69, 9.17) is 0 Å². The van der Waals surface area contributed by atoms with Crippen LogP contribution in [0.25, 0.3) is 10.2 Å². The summed E-state index contributed by atoms with van der Waals surface area (Å²) >= 11 is 5.12. The van der Waals surface area contributed by atoms with Crippen LogP contribution in [-0.2, 0) is 13.0 Å². The van der Waals surface area contributed by atoms with Crippen molar-refractivity contribution in [1.82, 2.24) is 14.9 Å². The van der Waals surface area contributed by atoms with Crippen molar-refractivity contribution in [1.29, 1.82) is 0 Å². The van der Waals surface area contributed by atoms with Gasteiger partial charge in [0.15, 0.2) is 0 Å². The van der Waals surface area contributed by atoms with Crippen LogP contribution in [0, 0.1) is 0 Å². The fraction of sp³-hybridized carbons (Fsp3) is 0.143. The first-order valence-corrected chi connectivity index (χ1v) is 10.4. The number of rotatable bonds is 6. The fourth-order valence-corrected chi connectivity index (χ4v) is 4.14. The van der Waals surface area contributed by atoms with Gasteiger partial charge in [-0.1, -0.05) is 34.1 Å². The van der Waals surface area contributed by atoms with E-state index in [0.29, 0.717) is 25.2 Å². The number of amides is 1. The highest BCUT2D eigenvalue weighted by molar-refractivity contribution is 9.10. The van der Waals surface area contributed by atoms with Crippen LogP contribution in [0.4, 0.5) is 0 Å². The second kappa shape index (κ2) is 8.06. The van der Waals surface area contributed by atoms with Gasteiger partial charge in [0, 0.05) is 35.9 Å². The molecule has 136 valence electrons. The predicted octanol–water partition coefficient (Wildman–Crippen LogP) is 4.88. The standard InChI is InChI=1S/C21H18BrN3OS/c22-16-6-4-15(5-7-16)14-25-18-9-12-27-20(18)13-19(25)21(26)24-11-8-17-3-1-2-10-23-17/h1-7,9-10,12-13H,8,11,14H2,(H,24,26). The van der Waals surface area contributed by atoms with Gasteiger partial charge >= 0.3 is 0 Å². The largest absolute Gasteiger partial charge is 0.350 e.